The lowest BCUT2D eigenvalue weighted by Gasteiger charge is -2.42. The summed E-state index contributed by atoms with van der Waals surface area (Å²) in [6, 6.07) is 8.63. The maximum Gasteiger partial charge on any atom is 0.225 e. The molecule has 4 nitrogen and oxygen atoms in total. The fourth-order valence-electron chi connectivity index (χ4n) is 3.02. The zero-order valence-corrected chi connectivity index (χ0v) is 13.2. The molecule has 0 unspecified atom stereocenters. The molecule has 0 aliphatic carbocycles. The van der Waals surface area contributed by atoms with Crippen molar-refractivity contribution in [2.45, 2.75) is 39.7 Å². The molecule has 0 atom stereocenters. The second kappa shape index (κ2) is 5.17. The zero-order valence-electron chi connectivity index (χ0n) is 13.2. The molecule has 1 saturated heterocycles. The van der Waals surface area contributed by atoms with Gasteiger partial charge in [0.2, 0.25) is 5.91 Å². The highest BCUT2D eigenvalue weighted by Crippen LogP contribution is 2.31. The summed E-state index contributed by atoms with van der Waals surface area (Å²) >= 11 is 0. The van der Waals surface area contributed by atoms with Crippen molar-refractivity contribution < 1.29 is 4.79 Å². The van der Waals surface area contributed by atoms with E-state index in [0.29, 0.717) is 12.0 Å². The first-order chi connectivity index (χ1) is 9.99. The summed E-state index contributed by atoms with van der Waals surface area (Å²) in [5, 5.41) is 0. The summed E-state index contributed by atoms with van der Waals surface area (Å²) in [7, 11) is 0. The molecule has 0 bridgehead atoms. The van der Waals surface area contributed by atoms with E-state index in [2.05, 4.69) is 36.6 Å². The van der Waals surface area contributed by atoms with E-state index in [-0.39, 0.29) is 11.8 Å². The quantitative estimate of drug-likeness (QED) is 0.868. The summed E-state index contributed by atoms with van der Waals surface area (Å²) < 4.78 is 2.34. The molecule has 1 aromatic carbocycles. The van der Waals surface area contributed by atoms with Gasteiger partial charge in [0.25, 0.3) is 0 Å². The average Bonchev–Trinajstić information content (AvgIpc) is 2.77. The van der Waals surface area contributed by atoms with Crippen molar-refractivity contribution in [2.24, 2.45) is 5.92 Å². The molecule has 4 heteroatoms. The molecule has 112 valence electrons. The first-order valence-electron chi connectivity index (χ1n) is 7.74. The standard InChI is InChI=1S/C17H23N3O/c1-11(2)16-18-14-7-5-6-8-15(14)20(16)13-9-19(10-13)17(21)12(3)4/h5-8,11-13H,9-10H2,1-4H3. The molecule has 1 amide bonds. The third kappa shape index (κ3) is 2.33. The summed E-state index contributed by atoms with van der Waals surface area (Å²) in [5.41, 5.74) is 2.23. The van der Waals surface area contributed by atoms with E-state index in [0.717, 1.165) is 24.4 Å². The Balaban J connectivity index is 1.91. The second-order valence-corrected chi connectivity index (χ2v) is 6.54. The lowest BCUT2D eigenvalue weighted by molar-refractivity contribution is -0.140. The molecule has 1 aliphatic rings. The molecule has 0 saturated carbocycles. The van der Waals surface area contributed by atoms with Gasteiger partial charge in [-0.1, -0.05) is 39.8 Å². The molecular formula is C17H23N3O. The van der Waals surface area contributed by atoms with Gasteiger partial charge < -0.3 is 9.47 Å². The average molecular weight is 285 g/mol. The molecule has 1 aliphatic heterocycles. The minimum Gasteiger partial charge on any atom is -0.338 e. The predicted molar refractivity (Wildman–Crippen MR) is 84.3 cm³/mol. The summed E-state index contributed by atoms with van der Waals surface area (Å²) in [5.74, 6) is 1.84. The van der Waals surface area contributed by atoms with Gasteiger partial charge in [-0.05, 0) is 12.1 Å². The second-order valence-electron chi connectivity index (χ2n) is 6.54. The highest BCUT2D eigenvalue weighted by Gasteiger charge is 2.35. The molecule has 0 radical (unpaired) electrons. The van der Waals surface area contributed by atoms with Crippen LogP contribution in [0.4, 0.5) is 0 Å². The summed E-state index contributed by atoms with van der Waals surface area (Å²) in [6.07, 6.45) is 0. The number of benzene rings is 1. The third-order valence-electron chi connectivity index (χ3n) is 4.17. The number of carbonyl (C=O) groups is 1. The molecule has 0 N–H and O–H groups in total. The molecule has 3 rings (SSSR count). The fraction of sp³-hybridized carbons (Fsp3) is 0.529. The number of rotatable bonds is 3. The number of hydrogen-bond donors (Lipinski definition) is 0. The fourth-order valence-corrected chi connectivity index (χ4v) is 3.02. The molecular weight excluding hydrogens is 262 g/mol. The smallest absolute Gasteiger partial charge is 0.225 e. The van der Waals surface area contributed by atoms with Gasteiger partial charge in [0.1, 0.15) is 5.82 Å². The highest BCUT2D eigenvalue weighted by atomic mass is 16.2. The Morgan fingerprint density at radius 1 is 1.19 bits per heavy atom. The number of aromatic nitrogens is 2. The van der Waals surface area contributed by atoms with Gasteiger partial charge in [0, 0.05) is 24.9 Å². The van der Waals surface area contributed by atoms with Crippen molar-refractivity contribution in [3.63, 3.8) is 0 Å². The number of imidazole rings is 1. The minimum absolute atomic E-state index is 0.0788. The highest BCUT2D eigenvalue weighted by molar-refractivity contribution is 5.80. The number of likely N-dealkylation sites (tertiary alicyclic amines) is 1. The first kappa shape index (κ1) is 14.1. The third-order valence-corrected chi connectivity index (χ3v) is 4.17. The van der Waals surface area contributed by atoms with E-state index < -0.39 is 0 Å². The van der Waals surface area contributed by atoms with Crippen LogP contribution in [0.3, 0.4) is 0 Å². The molecule has 0 spiro atoms. The number of hydrogen-bond acceptors (Lipinski definition) is 2. The SMILES string of the molecule is CC(C)C(=O)N1CC(n2c(C(C)C)nc3ccccc32)C1. The normalized spacial score (nSPS) is 16.0. The topological polar surface area (TPSA) is 38.1 Å². The van der Waals surface area contributed by atoms with Gasteiger partial charge in [0.05, 0.1) is 17.1 Å². The van der Waals surface area contributed by atoms with Crippen molar-refractivity contribution >= 4 is 16.9 Å². The minimum atomic E-state index is 0.0788. The Kier molecular flexibility index (Phi) is 3.47. The zero-order chi connectivity index (χ0) is 15.1. The van der Waals surface area contributed by atoms with Crippen molar-refractivity contribution in [1.82, 2.24) is 14.5 Å². The van der Waals surface area contributed by atoms with Crippen LogP contribution in [-0.4, -0.2) is 33.4 Å². The summed E-state index contributed by atoms with van der Waals surface area (Å²) in [4.78, 5) is 18.8. The van der Waals surface area contributed by atoms with Gasteiger partial charge in [-0.15, -0.1) is 0 Å². The Morgan fingerprint density at radius 2 is 1.86 bits per heavy atom. The number of amides is 1. The summed E-state index contributed by atoms with van der Waals surface area (Å²) in [6.45, 7) is 9.87. The van der Waals surface area contributed by atoms with Crippen LogP contribution in [0.25, 0.3) is 11.0 Å². The Hall–Kier alpha value is -1.84. The molecule has 21 heavy (non-hydrogen) atoms. The van der Waals surface area contributed by atoms with Gasteiger partial charge in [-0.2, -0.15) is 0 Å². The number of nitrogens with zero attached hydrogens (tertiary/aromatic N) is 3. The first-order valence-corrected chi connectivity index (χ1v) is 7.74. The van der Waals surface area contributed by atoms with Gasteiger partial charge in [0.15, 0.2) is 0 Å². The van der Waals surface area contributed by atoms with Crippen LogP contribution in [0.5, 0.6) is 0 Å². The monoisotopic (exact) mass is 285 g/mol. The van der Waals surface area contributed by atoms with Crippen molar-refractivity contribution in [2.75, 3.05) is 13.1 Å². The molecule has 2 aromatic rings. The van der Waals surface area contributed by atoms with Crippen molar-refractivity contribution in [3.05, 3.63) is 30.1 Å². The van der Waals surface area contributed by atoms with Crippen LogP contribution in [0, 0.1) is 5.92 Å². The number of para-hydroxylation sites is 2. The Labute approximate surface area is 125 Å². The van der Waals surface area contributed by atoms with E-state index >= 15 is 0 Å². The van der Waals surface area contributed by atoms with E-state index in [1.807, 2.05) is 24.8 Å². The Bertz CT molecular complexity index is 666. The number of carbonyl (C=O) groups excluding carboxylic acids is 1. The van der Waals surface area contributed by atoms with E-state index in [1.165, 1.54) is 5.52 Å². The largest absolute Gasteiger partial charge is 0.338 e. The molecule has 1 fully saturated rings. The van der Waals surface area contributed by atoms with Gasteiger partial charge in [-0.3, -0.25) is 4.79 Å². The van der Waals surface area contributed by atoms with E-state index in [4.69, 9.17) is 4.98 Å². The van der Waals surface area contributed by atoms with Crippen LogP contribution < -0.4 is 0 Å². The molecule has 2 heterocycles. The predicted octanol–water partition coefficient (Wildman–Crippen LogP) is 3.20. The van der Waals surface area contributed by atoms with Crippen LogP contribution in [0.15, 0.2) is 24.3 Å². The van der Waals surface area contributed by atoms with Crippen LogP contribution >= 0.6 is 0 Å². The van der Waals surface area contributed by atoms with Crippen LogP contribution in [-0.2, 0) is 4.79 Å². The molecule has 1 aromatic heterocycles. The van der Waals surface area contributed by atoms with Crippen LogP contribution in [0.2, 0.25) is 0 Å². The van der Waals surface area contributed by atoms with Gasteiger partial charge in [-0.25, -0.2) is 4.98 Å². The van der Waals surface area contributed by atoms with E-state index in [1.54, 1.807) is 0 Å². The van der Waals surface area contributed by atoms with Crippen LogP contribution in [0.1, 0.15) is 45.5 Å². The Morgan fingerprint density at radius 3 is 2.48 bits per heavy atom. The van der Waals surface area contributed by atoms with Gasteiger partial charge >= 0.3 is 0 Å². The maximum absolute atomic E-state index is 12.0. The number of fused-ring (bicyclic) bond motifs is 1. The van der Waals surface area contributed by atoms with Crippen molar-refractivity contribution in [3.8, 4) is 0 Å². The van der Waals surface area contributed by atoms with Crippen molar-refractivity contribution in [1.29, 1.82) is 0 Å². The lowest BCUT2D eigenvalue weighted by Crippen LogP contribution is -2.52. The maximum atomic E-state index is 12.0. The lowest BCUT2D eigenvalue weighted by atomic mass is 10.0. The van der Waals surface area contributed by atoms with E-state index in [9.17, 15) is 4.79 Å².